The number of halogens is 2. The van der Waals surface area contributed by atoms with Crippen molar-refractivity contribution in [3.63, 3.8) is 0 Å². The second-order valence-electron chi connectivity index (χ2n) is 10.0. The highest BCUT2D eigenvalue weighted by molar-refractivity contribution is 5.94. The first kappa shape index (κ1) is 28.1. The average Bonchev–Trinajstić information content (AvgIpc) is 2.97. The Morgan fingerprint density at radius 2 is 1.77 bits per heavy atom. The number of alkyl carbamates (subject to hydrolysis) is 1. The summed E-state index contributed by atoms with van der Waals surface area (Å²) in [5.41, 5.74) is 2.12. The van der Waals surface area contributed by atoms with E-state index in [-0.39, 0.29) is 5.91 Å². The van der Waals surface area contributed by atoms with Gasteiger partial charge in [-0.2, -0.15) is 0 Å². The van der Waals surface area contributed by atoms with Crippen LogP contribution in [-0.2, 0) is 10.3 Å². The maximum atomic E-state index is 14.4. The number of hydrogen-bond donors (Lipinski definition) is 1. The monoisotopic (exact) mass is 535 g/mol. The van der Waals surface area contributed by atoms with Gasteiger partial charge in [0, 0.05) is 31.4 Å². The summed E-state index contributed by atoms with van der Waals surface area (Å²) >= 11 is 0. The number of amides is 2. The Bertz CT molecular complexity index is 1290. The predicted octanol–water partition coefficient (Wildman–Crippen LogP) is 6.43. The lowest BCUT2D eigenvalue weighted by atomic mass is 9.75. The number of carbonyl (C=O) groups excluding carboxylic acids is 2. The lowest BCUT2D eigenvalue weighted by molar-refractivity contribution is 0.0793. The smallest absolute Gasteiger partial charge is 0.407 e. The molecule has 0 aromatic heterocycles. The Morgan fingerprint density at radius 1 is 1.05 bits per heavy atom. The van der Waals surface area contributed by atoms with Crippen LogP contribution in [0, 0.1) is 11.6 Å². The number of carbonyl (C=O) groups is 2. The molecule has 1 fully saturated rings. The van der Waals surface area contributed by atoms with Gasteiger partial charge in [0.1, 0.15) is 0 Å². The van der Waals surface area contributed by atoms with E-state index in [1.807, 2.05) is 42.5 Å². The molecule has 8 heteroatoms. The number of nitrogens with zero attached hydrogens (tertiary/aromatic N) is 2. The van der Waals surface area contributed by atoms with Crippen LogP contribution in [-0.4, -0.2) is 44.1 Å². The van der Waals surface area contributed by atoms with Crippen LogP contribution in [0.25, 0.3) is 0 Å². The van der Waals surface area contributed by atoms with Crippen molar-refractivity contribution < 1.29 is 23.1 Å². The van der Waals surface area contributed by atoms with E-state index >= 15 is 0 Å². The largest absolute Gasteiger partial charge is 0.453 e. The average molecular weight is 536 g/mol. The molecule has 0 radical (unpaired) electrons. The summed E-state index contributed by atoms with van der Waals surface area (Å²) in [6.45, 7) is 3.28. The fraction of sp³-hybridized carbons (Fsp3) is 0.355. The minimum absolute atomic E-state index is 0.0452. The van der Waals surface area contributed by atoms with Crippen molar-refractivity contribution in [2.24, 2.45) is 0 Å². The number of piperidine rings is 1. The van der Waals surface area contributed by atoms with Gasteiger partial charge >= 0.3 is 6.09 Å². The summed E-state index contributed by atoms with van der Waals surface area (Å²) in [7, 11) is 3.12. The molecule has 2 atom stereocenters. The van der Waals surface area contributed by atoms with Crippen molar-refractivity contribution in [1.82, 2.24) is 10.2 Å². The molecule has 39 heavy (non-hydrogen) atoms. The molecular formula is C31H35F2N3O3. The van der Waals surface area contributed by atoms with Crippen LogP contribution in [0.4, 0.5) is 19.3 Å². The summed E-state index contributed by atoms with van der Waals surface area (Å²) < 4.78 is 33.3. The Hall–Kier alpha value is -3.94. The Kier molecular flexibility index (Phi) is 8.84. The van der Waals surface area contributed by atoms with Gasteiger partial charge in [-0.05, 0) is 66.8 Å². The number of methoxy groups -OCH3 is 1. The first-order valence-corrected chi connectivity index (χ1v) is 13.3. The molecule has 206 valence electrons. The van der Waals surface area contributed by atoms with Crippen LogP contribution in [0.3, 0.4) is 0 Å². The van der Waals surface area contributed by atoms with Crippen LogP contribution in [0.15, 0.2) is 72.8 Å². The van der Waals surface area contributed by atoms with Gasteiger partial charge in [0.2, 0.25) is 0 Å². The van der Waals surface area contributed by atoms with Crippen LogP contribution in [0.1, 0.15) is 60.1 Å². The molecule has 3 aromatic rings. The summed E-state index contributed by atoms with van der Waals surface area (Å²) in [5.74, 6) is -1.89. The standard InChI is InChI=1S/C31H35F2N3O3/c1-4-5-18-35(2)29(37)22-11-14-25(15-12-22)36-19-17-31(34-30(38)39-3,24-9-7-6-8-10-24)21-28(36)23-13-16-26(32)27(33)20-23/h6-16,20,28H,4-5,17-19,21H2,1-3H3,(H,34,38). The van der Waals surface area contributed by atoms with E-state index in [4.69, 9.17) is 4.74 Å². The SMILES string of the molecule is CCCCN(C)C(=O)c1ccc(N2CCC(NC(=O)OC)(c3ccccc3)CC2c2ccc(F)c(F)c2)cc1. The van der Waals surface area contributed by atoms with Crippen LogP contribution >= 0.6 is 0 Å². The van der Waals surface area contributed by atoms with Gasteiger partial charge in [0.25, 0.3) is 5.91 Å². The Balaban J connectivity index is 1.71. The van der Waals surface area contributed by atoms with E-state index in [2.05, 4.69) is 17.1 Å². The zero-order valence-corrected chi connectivity index (χ0v) is 22.6. The topological polar surface area (TPSA) is 61.9 Å². The minimum Gasteiger partial charge on any atom is -0.453 e. The second-order valence-corrected chi connectivity index (χ2v) is 10.0. The number of nitrogens with one attached hydrogen (secondary N) is 1. The molecule has 1 saturated heterocycles. The van der Waals surface area contributed by atoms with Crippen molar-refractivity contribution in [2.45, 2.75) is 44.2 Å². The molecule has 0 bridgehead atoms. The third-order valence-electron chi connectivity index (χ3n) is 7.52. The maximum absolute atomic E-state index is 14.4. The fourth-order valence-electron chi connectivity index (χ4n) is 5.30. The maximum Gasteiger partial charge on any atom is 0.407 e. The Labute approximate surface area is 228 Å². The van der Waals surface area contributed by atoms with Crippen LogP contribution in [0.2, 0.25) is 0 Å². The molecule has 1 N–H and O–H groups in total. The van der Waals surface area contributed by atoms with Gasteiger partial charge in [-0.15, -0.1) is 0 Å². The van der Waals surface area contributed by atoms with Gasteiger partial charge < -0.3 is 19.9 Å². The number of ether oxygens (including phenoxy) is 1. The molecule has 4 rings (SSSR count). The highest BCUT2D eigenvalue weighted by Crippen LogP contribution is 2.44. The molecule has 0 aliphatic carbocycles. The summed E-state index contributed by atoms with van der Waals surface area (Å²) in [6, 6.07) is 20.5. The van der Waals surface area contributed by atoms with E-state index in [1.54, 1.807) is 30.1 Å². The number of benzene rings is 3. The highest BCUT2D eigenvalue weighted by atomic mass is 19.2. The molecule has 0 spiro atoms. The molecule has 1 aliphatic heterocycles. The van der Waals surface area contributed by atoms with Gasteiger partial charge in [0.05, 0.1) is 18.7 Å². The molecule has 3 aromatic carbocycles. The molecule has 0 saturated carbocycles. The van der Waals surface area contributed by atoms with Crippen molar-refractivity contribution in [3.05, 3.63) is 101 Å². The minimum atomic E-state index is -0.930. The van der Waals surface area contributed by atoms with Crippen molar-refractivity contribution >= 4 is 17.7 Å². The second kappa shape index (κ2) is 12.3. The van der Waals surface area contributed by atoms with E-state index in [0.29, 0.717) is 37.1 Å². The Morgan fingerprint density at radius 3 is 2.41 bits per heavy atom. The molecule has 1 heterocycles. The predicted molar refractivity (Wildman–Crippen MR) is 148 cm³/mol. The number of unbranched alkanes of at least 4 members (excludes halogenated alkanes) is 1. The molecule has 6 nitrogen and oxygen atoms in total. The first-order chi connectivity index (χ1) is 18.8. The van der Waals surface area contributed by atoms with E-state index in [0.717, 1.165) is 30.2 Å². The lowest BCUT2D eigenvalue weighted by Gasteiger charge is -2.48. The van der Waals surface area contributed by atoms with Crippen molar-refractivity contribution in [2.75, 3.05) is 32.1 Å². The van der Waals surface area contributed by atoms with Gasteiger partial charge in [-0.25, -0.2) is 13.6 Å². The summed E-state index contributed by atoms with van der Waals surface area (Å²) in [6.07, 6.45) is 2.31. The first-order valence-electron chi connectivity index (χ1n) is 13.3. The van der Waals surface area contributed by atoms with Crippen LogP contribution in [0.5, 0.6) is 0 Å². The number of anilines is 1. The third kappa shape index (κ3) is 6.21. The molecule has 2 amide bonds. The lowest BCUT2D eigenvalue weighted by Crippen LogP contribution is -2.54. The number of rotatable bonds is 8. The highest BCUT2D eigenvalue weighted by Gasteiger charge is 2.43. The van der Waals surface area contributed by atoms with Crippen molar-refractivity contribution in [3.8, 4) is 0 Å². The van der Waals surface area contributed by atoms with Gasteiger partial charge in [-0.3, -0.25) is 4.79 Å². The van der Waals surface area contributed by atoms with Crippen molar-refractivity contribution in [1.29, 1.82) is 0 Å². The van der Waals surface area contributed by atoms with Gasteiger partial charge in [0.15, 0.2) is 11.6 Å². The van der Waals surface area contributed by atoms with E-state index in [9.17, 15) is 18.4 Å². The number of hydrogen-bond acceptors (Lipinski definition) is 4. The molecule has 2 unspecified atom stereocenters. The van der Waals surface area contributed by atoms with E-state index < -0.39 is 29.3 Å². The quantitative estimate of drug-likeness (QED) is 0.361. The zero-order valence-electron chi connectivity index (χ0n) is 22.6. The summed E-state index contributed by atoms with van der Waals surface area (Å²) in [5, 5.41) is 3.04. The van der Waals surface area contributed by atoms with E-state index in [1.165, 1.54) is 13.2 Å². The van der Waals surface area contributed by atoms with Gasteiger partial charge in [-0.1, -0.05) is 49.7 Å². The normalized spacial score (nSPS) is 18.9. The molecule has 1 aliphatic rings. The summed E-state index contributed by atoms with van der Waals surface area (Å²) in [4.78, 5) is 29.2. The fourth-order valence-corrected chi connectivity index (χ4v) is 5.30. The third-order valence-corrected chi connectivity index (χ3v) is 7.52. The van der Waals surface area contributed by atoms with Crippen LogP contribution < -0.4 is 10.2 Å². The zero-order chi connectivity index (χ0) is 28.0. The molecular weight excluding hydrogens is 500 g/mol.